The number of nitrogens with zero attached hydrogens (tertiary/aromatic N) is 1. The molecule has 0 radical (unpaired) electrons. The first-order valence-electron chi connectivity index (χ1n) is 27.0. The fourth-order valence-corrected chi connectivity index (χ4v) is 13.7. The number of hydrogen-bond acceptors (Lipinski definition) is 6. The molecule has 0 aromatic carbocycles. The lowest BCUT2D eigenvalue weighted by atomic mass is 9.47. The Labute approximate surface area is 393 Å². The summed E-state index contributed by atoms with van der Waals surface area (Å²) in [6.45, 7) is 15.2. The fourth-order valence-electron chi connectivity index (χ4n) is 13.0. The number of carboxylic acids is 1. The van der Waals surface area contributed by atoms with Gasteiger partial charge in [0.05, 0.1) is 33.9 Å². The van der Waals surface area contributed by atoms with E-state index in [0.717, 1.165) is 74.5 Å². The number of rotatable bonds is 34. The van der Waals surface area contributed by atoms with Crippen LogP contribution >= 0.6 is 7.82 Å². The molecule has 7 unspecified atom stereocenters. The summed E-state index contributed by atoms with van der Waals surface area (Å²) >= 11 is 0. The van der Waals surface area contributed by atoms with E-state index >= 15 is 0 Å². The molecule has 0 aromatic rings. The van der Waals surface area contributed by atoms with Gasteiger partial charge in [-0.05, 0) is 104 Å². The number of hydrogen-bond donors (Lipinski definition) is 2. The van der Waals surface area contributed by atoms with Gasteiger partial charge in [-0.15, -0.1) is 0 Å². The van der Waals surface area contributed by atoms with E-state index in [1.807, 2.05) is 21.1 Å². The Kier molecular flexibility index (Phi) is 23.9. The van der Waals surface area contributed by atoms with Gasteiger partial charge in [0.1, 0.15) is 19.3 Å². The first-order valence-corrected chi connectivity index (χ1v) is 28.5. The van der Waals surface area contributed by atoms with Gasteiger partial charge in [-0.1, -0.05) is 169 Å². The van der Waals surface area contributed by atoms with E-state index in [1.165, 1.54) is 134 Å². The molecule has 0 spiro atoms. The monoisotopic (exact) mass is 923 g/mol. The number of unbranched alkanes of at least 4 members (excludes halogenated alkanes) is 15. The SMILES string of the molecule is CCCCCCCCCCCCCCCCCCOC(COP(=O)(O)OCC[N+](C)(C)C)C(OC1CC[C@@]2(C)C(=CCC3C2CC[C@@]2(C)C3CC[C@@H]2[C@H](C)CCCC(C)C)C1)C(=O)O. The van der Waals surface area contributed by atoms with Crippen molar-refractivity contribution >= 4 is 13.8 Å². The Bertz CT molecular complexity index is 1420. The lowest BCUT2D eigenvalue weighted by molar-refractivity contribution is -0.870. The molecule has 3 saturated carbocycles. The second-order valence-corrected chi connectivity index (χ2v) is 24.8. The Balaban J connectivity index is 1.29. The van der Waals surface area contributed by atoms with Gasteiger partial charge in [0.15, 0.2) is 6.10 Å². The molecule has 64 heavy (non-hydrogen) atoms. The lowest BCUT2D eigenvalue weighted by Gasteiger charge is -2.58. The predicted octanol–water partition coefficient (Wildman–Crippen LogP) is 14.4. The minimum absolute atomic E-state index is 0.0385. The summed E-state index contributed by atoms with van der Waals surface area (Å²) < 4.78 is 37.1. The Hall–Kier alpha value is -0.800. The van der Waals surface area contributed by atoms with E-state index in [2.05, 4.69) is 47.6 Å². The molecule has 4 rings (SSSR count). The van der Waals surface area contributed by atoms with Crippen molar-refractivity contribution in [2.24, 2.45) is 46.3 Å². The van der Waals surface area contributed by atoms with Crippen molar-refractivity contribution in [3.8, 4) is 0 Å². The fraction of sp³-hybridized carbons (Fsp3) is 0.944. The number of quaternary nitrogens is 1. The molecule has 4 aliphatic carbocycles. The number of allylic oxidation sites excluding steroid dienone is 1. The first-order chi connectivity index (χ1) is 30.4. The molecule has 0 heterocycles. The molecule has 4 aliphatic rings. The van der Waals surface area contributed by atoms with Crippen molar-refractivity contribution in [2.45, 2.75) is 233 Å². The van der Waals surface area contributed by atoms with Gasteiger partial charge in [-0.2, -0.15) is 0 Å². The second kappa shape index (κ2) is 27.4. The number of likely N-dealkylation sites (N-methyl/N-ethyl adjacent to an activating group) is 1. The van der Waals surface area contributed by atoms with Crippen LogP contribution in [-0.4, -0.2) is 86.3 Å². The van der Waals surface area contributed by atoms with E-state index in [-0.39, 0.29) is 18.1 Å². The van der Waals surface area contributed by atoms with Crippen LogP contribution < -0.4 is 0 Å². The topological polar surface area (TPSA) is 112 Å². The zero-order chi connectivity index (χ0) is 46.8. The molecule has 0 aliphatic heterocycles. The van der Waals surface area contributed by atoms with Gasteiger partial charge in [0, 0.05) is 6.61 Å². The van der Waals surface area contributed by atoms with Crippen LogP contribution in [0.3, 0.4) is 0 Å². The van der Waals surface area contributed by atoms with Gasteiger partial charge in [0.2, 0.25) is 0 Å². The van der Waals surface area contributed by atoms with Crippen LogP contribution in [-0.2, 0) is 27.9 Å². The summed E-state index contributed by atoms with van der Waals surface area (Å²) in [6.07, 6.45) is 33.2. The molecule has 374 valence electrons. The maximum absolute atomic E-state index is 13.0. The number of ether oxygens (including phenoxy) is 2. The highest BCUT2D eigenvalue weighted by atomic mass is 31.2. The van der Waals surface area contributed by atoms with E-state index in [4.69, 9.17) is 18.5 Å². The minimum Gasteiger partial charge on any atom is -0.479 e. The summed E-state index contributed by atoms with van der Waals surface area (Å²) in [6, 6.07) is 0. The zero-order valence-corrected chi connectivity index (χ0v) is 43.8. The highest BCUT2D eigenvalue weighted by molar-refractivity contribution is 7.47. The molecular formula is C54H101NO8P+. The molecule has 10 heteroatoms. The van der Waals surface area contributed by atoms with Gasteiger partial charge in [-0.25, -0.2) is 9.36 Å². The van der Waals surface area contributed by atoms with E-state index in [0.29, 0.717) is 29.0 Å². The molecule has 2 N–H and O–H groups in total. The van der Waals surface area contributed by atoms with Crippen molar-refractivity contribution in [3.05, 3.63) is 11.6 Å². The van der Waals surface area contributed by atoms with Crippen LogP contribution in [0.25, 0.3) is 0 Å². The summed E-state index contributed by atoms with van der Waals surface area (Å²) in [4.78, 5) is 23.6. The number of carbonyl (C=O) groups is 1. The smallest absolute Gasteiger partial charge is 0.472 e. The standard InChI is InChI=1S/C54H100NO8P/c1-10-11-12-13-14-15-16-17-18-19-20-21-22-23-24-25-38-60-50(41-62-64(58,59)61-39-37-55(7,8)9)51(52(56)57)63-45-33-35-53(5)44(40-45)29-30-46-48-32-31-47(43(4)28-26-27-42(2)3)54(48,6)36-34-49(46)53/h29,42-43,45-51H,10-28,30-41H2,1-9H3,(H-,56,57,58,59)/p+1/t43-,45?,46?,47-,48?,49?,50?,51?,53+,54-/m1/s1. The number of carboxylic acid groups (broad SMARTS) is 1. The minimum atomic E-state index is -4.44. The normalized spacial score (nSPS) is 29.4. The molecule has 11 atom stereocenters. The number of phosphoric acid groups is 1. The first kappa shape index (κ1) is 55.8. The summed E-state index contributed by atoms with van der Waals surface area (Å²) in [7, 11) is 1.49. The Morgan fingerprint density at radius 3 is 1.97 bits per heavy atom. The van der Waals surface area contributed by atoms with Crippen molar-refractivity contribution < 1.29 is 42.4 Å². The Morgan fingerprint density at radius 2 is 1.39 bits per heavy atom. The molecule has 9 nitrogen and oxygen atoms in total. The zero-order valence-electron chi connectivity index (χ0n) is 42.9. The number of fused-ring (bicyclic) bond motifs is 5. The molecule has 3 fully saturated rings. The van der Waals surface area contributed by atoms with Crippen molar-refractivity contribution in [1.82, 2.24) is 0 Å². The highest BCUT2D eigenvalue weighted by Gasteiger charge is 2.59. The summed E-state index contributed by atoms with van der Waals surface area (Å²) in [5.74, 6) is 3.45. The molecular weight excluding hydrogens is 822 g/mol. The predicted molar refractivity (Wildman–Crippen MR) is 263 cm³/mol. The quantitative estimate of drug-likeness (QED) is 0.0284. The van der Waals surface area contributed by atoms with E-state index < -0.39 is 32.6 Å². The van der Waals surface area contributed by atoms with E-state index in [1.54, 1.807) is 0 Å². The second-order valence-electron chi connectivity index (χ2n) is 23.4. The maximum atomic E-state index is 13.0. The van der Waals surface area contributed by atoms with Crippen molar-refractivity contribution in [3.63, 3.8) is 0 Å². The van der Waals surface area contributed by atoms with Crippen LogP contribution in [0.4, 0.5) is 0 Å². The van der Waals surface area contributed by atoms with Gasteiger partial charge in [-0.3, -0.25) is 9.05 Å². The third kappa shape index (κ3) is 17.6. The van der Waals surface area contributed by atoms with Gasteiger partial charge < -0.3 is 24.0 Å². The van der Waals surface area contributed by atoms with Crippen molar-refractivity contribution in [1.29, 1.82) is 0 Å². The largest absolute Gasteiger partial charge is 0.479 e. The molecule has 0 bridgehead atoms. The number of phosphoric ester groups is 1. The highest BCUT2D eigenvalue weighted by Crippen LogP contribution is 2.67. The molecule has 0 aromatic heterocycles. The summed E-state index contributed by atoms with van der Waals surface area (Å²) in [5, 5.41) is 10.6. The van der Waals surface area contributed by atoms with Crippen molar-refractivity contribution in [2.75, 3.05) is 47.5 Å². The van der Waals surface area contributed by atoms with Gasteiger partial charge in [0.25, 0.3) is 0 Å². The summed E-state index contributed by atoms with van der Waals surface area (Å²) in [5.41, 5.74) is 2.00. The third-order valence-electron chi connectivity index (χ3n) is 16.9. The average molecular weight is 923 g/mol. The molecule has 0 saturated heterocycles. The number of aliphatic carboxylic acids is 1. The molecule has 0 amide bonds. The average Bonchev–Trinajstić information content (AvgIpc) is 3.59. The van der Waals surface area contributed by atoms with Crippen LogP contribution in [0.2, 0.25) is 0 Å². The van der Waals surface area contributed by atoms with Crippen LogP contribution in [0.5, 0.6) is 0 Å². The van der Waals surface area contributed by atoms with Crippen LogP contribution in [0, 0.1) is 46.3 Å². The van der Waals surface area contributed by atoms with Crippen LogP contribution in [0.15, 0.2) is 11.6 Å². The Morgan fingerprint density at radius 1 is 0.781 bits per heavy atom. The van der Waals surface area contributed by atoms with E-state index in [9.17, 15) is 19.4 Å². The maximum Gasteiger partial charge on any atom is 0.472 e. The van der Waals surface area contributed by atoms with Gasteiger partial charge >= 0.3 is 13.8 Å². The lowest BCUT2D eigenvalue weighted by Crippen LogP contribution is -2.51. The third-order valence-corrected chi connectivity index (χ3v) is 17.9. The van der Waals surface area contributed by atoms with Crippen LogP contribution in [0.1, 0.15) is 215 Å².